The standard InChI is InChI=1S/C10H16N2OS/c1-4-5-6-8(13)10-9(7(2)3)11-12-14-10/h4,7-8,13H,1,5-6H2,2-3H3. The molecule has 1 aromatic rings. The van der Waals surface area contributed by atoms with Crippen molar-refractivity contribution in [1.29, 1.82) is 0 Å². The highest BCUT2D eigenvalue weighted by atomic mass is 32.1. The zero-order chi connectivity index (χ0) is 10.6. The van der Waals surface area contributed by atoms with Crippen molar-refractivity contribution in [2.75, 3.05) is 0 Å². The van der Waals surface area contributed by atoms with Crippen molar-refractivity contribution in [3.05, 3.63) is 23.2 Å². The van der Waals surface area contributed by atoms with Gasteiger partial charge in [0.15, 0.2) is 0 Å². The Kier molecular flexibility index (Phi) is 4.22. The molecule has 14 heavy (non-hydrogen) atoms. The first-order chi connectivity index (χ1) is 6.66. The Balaban J connectivity index is 2.73. The average molecular weight is 212 g/mol. The van der Waals surface area contributed by atoms with Gasteiger partial charge in [0.2, 0.25) is 0 Å². The van der Waals surface area contributed by atoms with E-state index in [1.807, 2.05) is 6.08 Å². The summed E-state index contributed by atoms with van der Waals surface area (Å²) in [5.41, 5.74) is 0.923. The molecule has 0 aliphatic carbocycles. The van der Waals surface area contributed by atoms with Crippen molar-refractivity contribution in [1.82, 2.24) is 9.59 Å². The van der Waals surface area contributed by atoms with Gasteiger partial charge < -0.3 is 5.11 Å². The maximum absolute atomic E-state index is 9.85. The zero-order valence-electron chi connectivity index (χ0n) is 8.60. The number of hydrogen-bond acceptors (Lipinski definition) is 4. The monoisotopic (exact) mass is 212 g/mol. The molecule has 0 radical (unpaired) electrons. The van der Waals surface area contributed by atoms with Crippen LogP contribution in [-0.2, 0) is 0 Å². The highest BCUT2D eigenvalue weighted by molar-refractivity contribution is 7.05. The SMILES string of the molecule is C=CCCC(O)c1snnc1C(C)C. The van der Waals surface area contributed by atoms with Gasteiger partial charge in [-0.25, -0.2) is 0 Å². The number of aliphatic hydroxyl groups is 1. The maximum Gasteiger partial charge on any atom is 0.0920 e. The van der Waals surface area contributed by atoms with Gasteiger partial charge >= 0.3 is 0 Å². The average Bonchev–Trinajstić information content (AvgIpc) is 2.62. The Labute approximate surface area is 88.6 Å². The molecular formula is C10H16N2OS. The molecule has 0 aliphatic heterocycles. The van der Waals surface area contributed by atoms with Crippen molar-refractivity contribution >= 4 is 11.5 Å². The molecule has 0 amide bonds. The third-order valence-electron chi connectivity index (χ3n) is 2.03. The first kappa shape index (κ1) is 11.3. The van der Waals surface area contributed by atoms with E-state index in [9.17, 15) is 5.11 Å². The van der Waals surface area contributed by atoms with Crippen LogP contribution in [-0.4, -0.2) is 14.7 Å². The van der Waals surface area contributed by atoms with E-state index in [0.717, 1.165) is 17.0 Å². The van der Waals surface area contributed by atoms with Crippen LogP contribution in [0.1, 0.15) is 49.3 Å². The summed E-state index contributed by atoms with van der Waals surface area (Å²) in [7, 11) is 0. The van der Waals surface area contributed by atoms with Crippen LogP contribution in [0.25, 0.3) is 0 Å². The van der Waals surface area contributed by atoms with Crippen molar-refractivity contribution in [2.45, 2.75) is 38.7 Å². The number of hydrogen-bond donors (Lipinski definition) is 1. The van der Waals surface area contributed by atoms with Crippen LogP contribution in [0.3, 0.4) is 0 Å². The highest BCUT2D eigenvalue weighted by Gasteiger charge is 2.18. The van der Waals surface area contributed by atoms with Crippen molar-refractivity contribution < 1.29 is 5.11 Å². The van der Waals surface area contributed by atoms with E-state index in [2.05, 4.69) is 30.0 Å². The largest absolute Gasteiger partial charge is 0.387 e. The van der Waals surface area contributed by atoms with E-state index in [1.165, 1.54) is 11.5 Å². The number of allylic oxidation sites excluding steroid dienone is 1. The third kappa shape index (κ3) is 2.62. The van der Waals surface area contributed by atoms with Gasteiger partial charge in [-0.1, -0.05) is 24.4 Å². The summed E-state index contributed by atoms with van der Waals surface area (Å²) >= 11 is 1.29. The smallest absolute Gasteiger partial charge is 0.0920 e. The molecule has 1 atom stereocenters. The number of nitrogens with zero attached hydrogens (tertiary/aromatic N) is 2. The molecule has 1 unspecified atom stereocenters. The summed E-state index contributed by atoms with van der Waals surface area (Å²) in [5.74, 6) is 0.321. The normalized spacial score (nSPS) is 13.1. The fraction of sp³-hybridized carbons (Fsp3) is 0.600. The summed E-state index contributed by atoms with van der Waals surface area (Å²) in [5, 5.41) is 13.9. The van der Waals surface area contributed by atoms with Crippen molar-refractivity contribution in [3.63, 3.8) is 0 Å². The molecule has 0 bridgehead atoms. The molecule has 1 rings (SSSR count). The van der Waals surface area contributed by atoms with Crippen molar-refractivity contribution in [3.8, 4) is 0 Å². The fourth-order valence-corrected chi connectivity index (χ4v) is 2.07. The van der Waals surface area contributed by atoms with Crippen LogP contribution < -0.4 is 0 Å². The van der Waals surface area contributed by atoms with Crippen LogP contribution in [0.15, 0.2) is 12.7 Å². The molecule has 0 saturated carbocycles. The Morgan fingerprint density at radius 3 is 2.86 bits per heavy atom. The van der Waals surface area contributed by atoms with E-state index in [0.29, 0.717) is 12.3 Å². The lowest BCUT2D eigenvalue weighted by atomic mass is 10.1. The second-order valence-corrected chi connectivity index (χ2v) is 4.34. The summed E-state index contributed by atoms with van der Waals surface area (Å²) in [6.45, 7) is 7.74. The fourth-order valence-electron chi connectivity index (χ4n) is 1.24. The molecule has 1 heterocycles. The van der Waals surface area contributed by atoms with E-state index in [1.54, 1.807) is 0 Å². The molecule has 0 saturated heterocycles. The van der Waals surface area contributed by atoms with Crippen LogP contribution in [0.4, 0.5) is 0 Å². The molecule has 1 aromatic heterocycles. The number of rotatable bonds is 5. The molecule has 78 valence electrons. The first-order valence-electron chi connectivity index (χ1n) is 4.78. The lowest BCUT2D eigenvalue weighted by Crippen LogP contribution is -2.00. The Morgan fingerprint density at radius 2 is 2.29 bits per heavy atom. The van der Waals surface area contributed by atoms with Crippen LogP contribution in [0.2, 0.25) is 0 Å². The zero-order valence-corrected chi connectivity index (χ0v) is 9.42. The second kappa shape index (κ2) is 5.22. The molecule has 0 spiro atoms. The van der Waals surface area contributed by atoms with Gasteiger partial charge in [0.25, 0.3) is 0 Å². The molecule has 1 N–H and O–H groups in total. The quantitative estimate of drug-likeness (QED) is 0.763. The van der Waals surface area contributed by atoms with Crippen LogP contribution in [0.5, 0.6) is 0 Å². The van der Waals surface area contributed by atoms with E-state index in [4.69, 9.17) is 0 Å². The summed E-state index contributed by atoms with van der Waals surface area (Å²) < 4.78 is 3.88. The summed E-state index contributed by atoms with van der Waals surface area (Å²) in [4.78, 5) is 0.904. The first-order valence-corrected chi connectivity index (χ1v) is 5.55. The van der Waals surface area contributed by atoms with Gasteiger partial charge in [-0.3, -0.25) is 0 Å². The molecular weight excluding hydrogens is 196 g/mol. The second-order valence-electron chi connectivity index (χ2n) is 3.56. The Morgan fingerprint density at radius 1 is 1.57 bits per heavy atom. The minimum atomic E-state index is -0.439. The van der Waals surface area contributed by atoms with Gasteiger partial charge in [0, 0.05) is 0 Å². The predicted molar refractivity (Wildman–Crippen MR) is 58.4 cm³/mol. The van der Waals surface area contributed by atoms with Gasteiger partial charge in [0.1, 0.15) is 0 Å². The van der Waals surface area contributed by atoms with E-state index < -0.39 is 6.10 Å². The van der Waals surface area contributed by atoms with Gasteiger partial charge in [-0.15, -0.1) is 11.7 Å². The number of aliphatic hydroxyl groups excluding tert-OH is 1. The Bertz CT molecular complexity index is 296. The van der Waals surface area contributed by atoms with Gasteiger partial charge in [-0.05, 0) is 30.3 Å². The summed E-state index contributed by atoms with van der Waals surface area (Å²) in [6.07, 6.45) is 2.89. The number of aromatic nitrogens is 2. The lowest BCUT2D eigenvalue weighted by molar-refractivity contribution is 0.171. The minimum absolute atomic E-state index is 0.321. The lowest BCUT2D eigenvalue weighted by Gasteiger charge is -2.09. The molecule has 0 aromatic carbocycles. The summed E-state index contributed by atoms with van der Waals surface area (Å²) in [6, 6.07) is 0. The minimum Gasteiger partial charge on any atom is -0.387 e. The van der Waals surface area contributed by atoms with Gasteiger partial charge in [-0.2, -0.15) is 0 Å². The highest BCUT2D eigenvalue weighted by Crippen LogP contribution is 2.28. The molecule has 0 aliphatic rings. The Hall–Kier alpha value is -0.740. The molecule has 4 heteroatoms. The van der Waals surface area contributed by atoms with Gasteiger partial charge in [0.05, 0.1) is 16.7 Å². The molecule has 3 nitrogen and oxygen atoms in total. The van der Waals surface area contributed by atoms with Crippen LogP contribution in [0, 0.1) is 0 Å². The van der Waals surface area contributed by atoms with E-state index in [-0.39, 0.29) is 0 Å². The van der Waals surface area contributed by atoms with Crippen LogP contribution >= 0.6 is 11.5 Å². The molecule has 0 fully saturated rings. The maximum atomic E-state index is 9.85. The van der Waals surface area contributed by atoms with Crippen molar-refractivity contribution in [2.24, 2.45) is 0 Å². The predicted octanol–water partition coefficient (Wildman–Crippen LogP) is 2.66. The topological polar surface area (TPSA) is 46.0 Å². The van der Waals surface area contributed by atoms with E-state index >= 15 is 0 Å². The third-order valence-corrected chi connectivity index (χ3v) is 2.88.